The zero-order valence-corrected chi connectivity index (χ0v) is 40.7. The van der Waals surface area contributed by atoms with Crippen molar-refractivity contribution >= 4 is 13.7 Å². The predicted molar refractivity (Wildman–Crippen MR) is 254 cm³/mol. The number of aliphatic hydroxyl groups excluding tert-OH is 1. The molecule has 0 aliphatic heterocycles. The van der Waals surface area contributed by atoms with Crippen molar-refractivity contribution in [2.24, 2.45) is 0 Å². The monoisotopic (exact) mass is 856 g/mol. The van der Waals surface area contributed by atoms with Gasteiger partial charge in [-0.25, -0.2) is 4.57 Å². The number of hydrogen-bond donors (Lipinski definition) is 3. The Morgan fingerprint density at radius 1 is 0.576 bits per heavy atom. The maximum Gasteiger partial charge on any atom is 0.472 e. The second kappa shape index (κ2) is 42.3. The Morgan fingerprint density at radius 3 is 1.39 bits per heavy atom. The van der Waals surface area contributed by atoms with Crippen LogP contribution >= 0.6 is 7.82 Å². The van der Waals surface area contributed by atoms with Crippen LogP contribution in [-0.2, 0) is 18.4 Å². The second-order valence-electron chi connectivity index (χ2n) is 18.6. The summed E-state index contributed by atoms with van der Waals surface area (Å²) in [5.41, 5.74) is 0. The number of hydrogen-bond acceptors (Lipinski definition) is 5. The number of allylic oxidation sites excluding steroid dienone is 4. The number of carbonyl (C=O) groups excluding carboxylic acids is 1. The highest BCUT2D eigenvalue weighted by Gasteiger charge is 2.28. The molecule has 3 N–H and O–H groups in total. The van der Waals surface area contributed by atoms with Gasteiger partial charge in [-0.05, 0) is 38.5 Å². The SMILES string of the molecule is CCCCC/C=C\C=C/CCCCCCCCCCCCC(=O)NC(COP(=O)(O)OCC[N+](C)(C)C)C(O)CCCCCCCCCCCCCCCCCCCC. The normalized spacial score (nSPS) is 14.4. The minimum Gasteiger partial charge on any atom is -0.391 e. The van der Waals surface area contributed by atoms with Crippen LogP contribution in [-0.4, -0.2) is 73.4 Å². The van der Waals surface area contributed by atoms with Gasteiger partial charge in [-0.15, -0.1) is 0 Å². The standard InChI is InChI=1S/C50H99N2O6P/c1-6-8-10-12-14-16-18-20-22-24-26-28-30-32-34-36-38-40-42-44-50(54)51-48(47-58-59(55,56)57-46-45-52(3,4)5)49(53)43-41-39-37-35-33-31-29-27-25-23-21-19-17-15-13-11-9-7-2/h14,16,18,20,48-49,53H,6-13,15,17,19,21-47H2,1-5H3,(H-,51,54,55,56)/p+1/b16-14-,20-18-. The van der Waals surface area contributed by atoms with Crippen molar-refractivity contribution in [3.05, 3.63) is 24.3 Å². The molecule has 3 unspecified atom stereocenters. The summed E-state index contributed by atoms with van der Waals surface area (Å²) >= 11 is 0. The molecule has 0 aliphatic carbocycles. The quantitative estimate of drug-likeness (QED) is 0.0244. The lowest BCUT2D eigenvalue weighted by Crippen LogP contribution is -2.46. The first-order valence-corrected chi connectivity index (χ1v) is 26.7. The molecule has 3 atom stereocenters. The molecule has 1 amide bonds. The summed E-state index contributed by atoms with van der Waals surface area (Å²) in [5, 5.41) is 14.0. The van der Waals surface area contributed by atoms with Crippen LogP contribution in [0.4, 0.5) is 0 Å². The average Bonchev–Trinajstić information content (AvgIpc) is 3.19. The average molecular weight is 856 g/mol. The first-order chi connectivity index (χ1) is 28.5. The molecule has 0 radical (unpaired) electrons. The third-order valence-corrected chi connectivity index (χ3v) is 12.5. The van der Waals surface area contributed by atoms with Crippen molar-refractivity contribution in [1.82, 2.24) is 5.32 Å². The maximum absolute atomic E-state index is 12.9. The summed E-state index contributed by atoms with van der Waals surface area (Å²) in [4.78, 5) is 23.2. The molecule has 0 heterocycles. The summed E-state index contributed by atoms with van der Waals surface area (Å²) in [7, 11) is 1.62. The molecule has 0 saturated heterocycles. The Balaban J connectivity index is 4.27. The largest absolute Gasteiger partial charge is 0.472 e. The van der Waals surface area contributed by atoms with E-state index in [9.17, 15) is 19.4 Å². The summed E-state index contributed by atoms with van der Waals surface area (Å²) in [6, 6.07) is -0.760. The molecular formula is C50H100N2O6P+. The third-order valence-electron chi connectivity index (χ3n) is 11.5. The van der Waals surface area contributed by atoms with E-state index in [1.807, 2.05) is 21.1 Å². The van der Waals surface area contributed by atoms with Gasteiger partial charge in [-0.1, -0.05) is 218 Å². The van der Waals surface area contributed by atoms with E-state index < -0.39 is 20.0 Å². The molecule has 0 fully saturated rings. The van der Waals surface area contributed by atoms with Crippen molar-refractivity contribution in [1.29, 1.82) is 0 Å². The molecule has 0 aromatic carbocycles. The van der Waals surface area contributed by atoms with E-state index in [2.05, 4.69) is 43.5 Å². The van der Waals surface area contributed by atoms with Crippen LogP contribution in [0.15, 0.2) is 24.3 Å². The van der Waals surface area contributed by atoms with E-state index in [1.54, 1.807) is 0 Å². The van der Waals surface area contributed by atoms with Gasteiger partial charge >= 0.3 is 7.82 Å². The first-order valence-electron chi connectivity index (χ1n) is 25.2. The number of amides is 1. The molecule has 0 saturated carbocycles. The van der Waals surface area contributed by atoms with E-state index in [4.69, 9.17) is 9.05 Å². The van der Waals surface area contributed by atoms with Crippen LogP contribution in [0.1, 0.15) is 239 Å². The minimum absolute atomic E-state index is 0.0750. The molecule has 8 nitrogen and oxygen atoms in total. The smallest absolute Gasteiger partial charge is 0.391 e. The number of nitrogens with zero attached hydrogens (tertiary/aromatic N) is 1. The van der Waals surface area contributed by atoms with Crippen molar-refractivity contribution in [2.45, 2.75) is 251 Å². The van der Waals surface area contributed by atoms with Crippen molar-refractivity contribution in [3.63, 3.8) is 0 Å². The zero-order valence-electron chi connectivity index (χ0n) is 39.8. The highest BCUT2D eigenvalue weighted by atomic mass is 31.2. The van der Waals surface area contributed by atoms with Gasteiger partial charge in [0.1, 0.15) is 13.2 Å². The number of phosphoric acid groups is 1. The van der Waals surface area contributed by atoms with Gasteiger partial charge in [0.25, 0.3) is 0 Å². The fourth-order valence-electron chi connectivity index (χ4n) is 7.45. The topological polar surface area (TPSA) is 105 Å². The fourth-order valence-corrected chi connectivity index (χ4v) is 8.19. The van der Waals surface area contributed by atoms with Gasteiger partial charge in [-0.3, -0.25) is 13.8 Å². The van der Waals surface area contributed by atoms with Crippen molar-refractivity contribution < 1.29 is 32.9 Å². The highest BCUT2D eigenvalue weighted by molar-refractivity contribution is 7.47. The van der Waals surface area contributed by atoms with E-state index >= 15 is 0 Å². The highest BCUT2D eigenvalue weighted by Crippen LogP contribution is 2.43. The van der Waals surface area contributed by atoms with Gasteiger partial charge in [0.05, 0.1) is 39.9 Å². The van der Waals surface area contributed by atoms with E-state index in [0.29, 0.717) is 23.9 Å². The zero-order chi connectivity index (χ0) is 43.6. The molecule has 0 spiro atoms. The van der Waals surface area contributed by atoms with Crippen LogP contribution in [0, 0.1) is 0 Å². The third kappa shape index (κ3) is 44.8. The number of aliphatic hydroxyl groups is 1. The molecule has 0 aromatic heterocycles. The molecule has 9 heteroatoms. The molecule has 0 rings (SSSR count). The maximum atomic E-state index is 12.9. The number of unbranched alkanes of at least 4 members (excludes halogenated alkanes) is 30. The van der Waals surface area contributed by atoms with Crippen molar-refractivity contribution in [3.8, 4) is 0 Å². The molecule has 0 aliphatic rings. The van der Waals surface area contributed by atoms with Crippen LogP contribution in [0.25, 0.3) is 0 Å². The summed E-state index contributed by atoms with van der Waals surface area (Å²) in [5.74, 6) is -0.146. The van der Waals surface area contributed by atoms with E-state index in [-0.39, 0.29) is 19.1 Å². The van der Waals surface area contributed by atoms with Gasteiger partial charge in [0, 0.05) is 6.42 Å². The predicted octanol–water partition coefficient (Wildman–Crippen LogP) is 14.5. The number of rotatable bonds is 46. The Labute approximate surface area is 366 Å². The molecule has 0 bridgehead atoms. The van der Waals surface area contributed by atoms with Crippen LogP contribution in [0.3, 0.4) is 0 Å². The molecular weight excluding hydrogens is 756 g/mol. The minimum atomic E-state index is -4.32. The Hall–Kier alpha value is -1.02. The Kier molecular flexibility index (Phi) is 41.6. The van der Waals surface area contributed by atoms with Gasteiger partial charge < -0.3 is 19.8 Å². The van der Waals surface area contributed by atoms with E-state index in [0.717, 1.165) is 38.5 Å². The lowest BCUT2D eigenvalue weighted by molar-refractivity contribution is -0.870. The number of phosphoric ester groups is 1. The van der Waals surface area contributed by atoms with Gasteiger partial charge in [0.15, 0.2) is 0 Å². The number of quaternary nitrogens is 1. The summed E-state index contributed by atoms with van der Waals surface area (Å²) in [6.45, 7) is 4.88. The fraction of sp³-hybridized carbons (Fsp3) is 0.900. The van der Waals surface area contributed by atoms with Crippen LogP contribution in [0.2, 0.25) is 0 Å². The second-order valence-corrected chi connectivity index (χ2v) is 20.0. The number of carbonyl (C=O) groups is 1. The molecule has 59 heavy (non-hydrogen) atoms. The lowest BCUT2D eigenvalue weighted by Gasteiger charge is -2.26. The Morgan fingerprint density at radius 2 is 0.949 bits per heavy atom. The van der Waals surface area contributed by atoms with Crippen LogP contribution in [0.5, 0.6) is 0 Å². The van der Waals surface area contributed by atoms with Gasteiger partial charge in [-0.2, -0.15) is 0 Å². The first kappa shape index (κ1) is 58.0. The summed E-state index contributed by atoms with van der Waals surface area (Å²) in [6.07, 6.45) is 50.6. The number of likely N-dealkylation sites (N-methyl/N-ethyl adjacent to an activating group) is 1. The summed E-state index contributed by atoms with van der Waals surface area (Å²) < 4.78 is 23.7. The molecule has 350 valence electrons. The van der Waals surface area contributed by atoms with Crippen molar-refractivity contribution in [2.75, 3.05) is 40.9 Å². The molecule has 0 aromatic rings. The van der Waals surface area contributed by atoms with Crippen LogP contribution < -0.4 is 5.32 Å². The number of nitrogens with one attached hydrogen (secondary N) is 1. The lowest BCUT2D eigenvalue weighted by atomic mass is 10.0. The Bertz CT molecular complexity index is 1020. The van der Waals surface area contributed by atoms with E-state index in [1.165, 1.54) is 173 Å². The van der Waals surface area contributed by atoms with Gasteiger partial charge in [0.2, 0.25) is 5.91 Å².